The van der Waals surface area contributed by atoms with Crippen LogP contribution in [-0.2, 0) is 10.0 Å². The van der Waals surface area contributed by atoms with Gasteiger partial charge in [-0.15, -0.1) is 0 Å². The minimum Gasteiger partial charge on any atom is -0.382 e. The fourth-order valence-electron chi connectivity index (χ4n) is 2.57. The molecule has 7 nitrogen and oxygen atoms in total. The lowest BCUT2D eigenvalue weighted by Gasteiger charge is -2.21. The van der Waals surface area contributed by atoms with Crippen LogP contribution in [0.2, 0.25) is 5.02 Å². The molecule has 160 valence electrons. The number of carbonyl (C=O) groups excluding carboxylic acids is 1. The quantitative estimate of drug-likeness (QED) is 0.558. The number of benzene rings is 2. The highest BCUT2D eigenvalue weighted by Crippen LogP contribution is 2.24. The van der Waals surface area contributed by atoms with E-state index in [9.17, 15) is 17.6 Å². The third-order valence-electron chi connectivity index (χ3n) is 3.77. The Bertz CT molecular complexity index is 1090. The van der Waals surface area contributed by atoms with E-state index in [1.165, 1.54) is 30.3 Å². The number of nitrogens with one attached hydrogen (secondary N) is 3. The summed E-state index contributed by atoms with van der Waals surface area (Å²) < 4.78 is 41.2. The topological polar surface area (TPSA) is 111 Å². The molecule has 2 rings (SSSR count). The van der Waals surface area contributed by atoms with Gasteiger partial charge in [0, 0.05) is 24.2 Å². The molecule has 0 spiro atoms. The van der Waals surface area contributed by atoms with Gasteiger partial charge in [0.15, 0.2) is 0 Å². The summed E-state index contributed by atoms with van der Waals surface area (Å²) >= 11 is 6.03. The van der Waals surface area contributed by atoms with Crippen LogP contribution in [0, 0.1) is 17.1 Å². The second kappa shape index (κ2) is 9.43. The minimum absolute atomic E-state index is 0.0000961. The van der Waals surface area contributed by atoms with Crippen molar-refractivity contribution < 1.29 is 17.6 Å². The maximum atomic E-state index is 13.6. The molecule has 0 bridgehead atoms. The molecule has 0 saturated carbocycles. The van der Waals surface area contributed by atoms with Crippen molar-refractivity contribution >= 4 is 33.2 Å². The summed E-state index contributed by atoms with van der Waals surface area (Å²) in [6.07, 6.45) is 0. The van der Waals surface area contributed by atoms with Gasteiger partial charge in [-0.2, -0.15) is 5.26 Å². The first-order chi connectivity index (χ1) is 13.9. The molecule has 0 saturated heterocycles. The zero-order valence-electron chi connectivity index (χ0n) is 16.7. The van der Waals surface area contributed by atoms with Crippen molar-refractivity contribution in [1.82, 2.24) is 10.0 Å². The lowest BCUT2D eigenvalue weighted by molar-refractivity contribution is 0.0955. The molecule has 0 radical (unpaired) electrons. The Morgan fingerprint density at radius 3 is 2.53 bits per heavy atom. The van der Waals surface area contributed by atoms with E-state index in [1.807, 2.05) is 0 Å². The molecular formula is C20H22ClFN4O3S. The zero-order chi connectivity index (χ0) is 22.5. The van der Waals surface area contributed by atoms with E-state index < -0.39 is 27.3 Å². The van der Waals surface area contributed by atoms with Crippen molar-refractivity contribution in [2.75, 3.05) is 18.4 Å². The summed E-state index contributed by atoms with van der Waals surface area (Å²) in [7, 11) is -3.92. The van der Waals surface area contributed by atoms with Gasteiger partial charge in [-0.05, 0) is 51.1 Å². The molecule has 2 aromatic carbocycles. The minimum atomic E-state index is -3.92. The fraction of sp³-hybridized carbons (Fsp3) is 0.300. The molecule has 0 atom stereocenters. The second-order valence-electron chi connectivity index (χ2n) is 7.46. The number of rotatable bonds is 7. The monoisotopic (exact) mass is 452 g/mol. The highest BCUT2D eigenvalue weighted by Gasteiger charge is 2.25. The van der Waals surface area contributed by atoms with Crippen molar-refractivity contribution in [3.05, 3.63) is 58.4 Å². The van der Waals surface area contributed by atoms with Crippen LogP contribution in [0.15, 0.2) is 41.3 Å². The van der Waals surface area contributed by atoms with Gasteiger partial charge in [0.05, 0.1) is 10.7 Å². The normalized spacial score (nSPS) is 11.6. The Hall–Kier alpha value is -2.67. The van der Waals surface area contributed by atoms with E-state index >= 15 is 0 Å². The van der Waals surface area contributed by atoms with E-state index in [-0.39, 0.29) is 34.1 Å². The molecule has 0 aliphatic carbocycles. The number of amides is 1. The third kappa shape index (κ3) is 6.16. The lowest BCUT2D eigenvalue weighted by Crippen LogP contribution is -2.40. The number of anilines is 1. The van der Waals surface area contributed by atoms with E-state index in [0.29, 0.717) is 5.69 Å². The summed E-state index contributed by atoms with van der Waals surface area (Å²) in [6.45, 7) is 5.47. The van der Waals surface area contributed by atoms with Crippen LogP contribution in [0.4, 0.5) is 10.1 Å². The largest absolute Gasteiger partial charge is 0.382 e. The average molecular weight is 453 g/mol. The smallest absolute Gasteiger partial charge is 0.251 e. The van der Waals surface area contributed by atoms with Gasteiger partial charge in [0.1, 0.15) is 22.3 Å². The van der Waals surface area contributed by atoms with Crippen LogP contribution >= 0.6 is 11.6 Å². The number of hydrogen-bond donors (Lipinski definition) is 3. The molecule has 2 aromatic rings. The molecule has 30 heavy (non-hydrogen) atoms. The Balaban J connectivity index is 2.05. The van der Waals surface area contributed by atoms with Crippen molar-refractivity contribution in [1.29, 1.82) is 5.26 Å². The fourth-order valence-corrected chi connectivity index (χ4v) is 4.51. The van der Waals surface area contributed by atoms with Crippen LogP contribution < -0.4 is 15.4 Å². The van der Waals surface area contributed by atoms with Crippen molar-refractivity contribution in [3.63, 3.8) is 0 Å². The molecule has 1 amide bonds. The zero-order valence-corrected chi connectivity index (χ0v) is 18.3. The van der Waals surface area contributed by atoms with E-state index in [1.54, 1.807) is 32.9 Å². The standard InChI is InChI=1S/C20H22ClFN4O3S/c1-20(2,3)26-30(28,29)18-11-13(7-8-15(18)21)19(27)25-10-9-24-17-6-4-5-16(22)14(17)12-23/h4-8,11,24,26H,9-10H2,1-3H3,(H,25,27). The van der Waals surface area contributed by atoms with Gasteiger partial charge in [0.25, 0.3) is 5.91 Å². The Morgan fingerprint density at radius 1 is 1.20 bits per heavy atom. The number of nitriles is 1. The van der Waals surface area contributed by atoms with Crippen LogP contribution in [0.25, 0.3) is 0 Å². The lowest BCUT2D eigenvalue weighted by atomic mass is 10.1. The van der Waals surface area contributed by atoms with Crippen LogP contribution in [0.5, 0.6) is 0 Å². The predicted octanol–water partition coefficient (Wildman–Crippen LogP) is 3.27. The van der Waals surface area contributed by atoms with Crippen molar-refractivity contribution in [3.8, 4) is 6.07 Å². The number of nitrogens with zero attached hydrogens (tertiary/aromatic N) is 1. The molecule has 0 heterocycles. The van der Waals surface area contributed by atoms with Gasteiger partial charge in [-0.3, -0.25) is 4.79 Å². The third-order valence-corrected chi connectivity index (χ3v) is 6.01. The Kier molecular flexibility index (Phi) is 7.42. The maximum absolute atomic E-state index is 13.6. The first-order valence-electron chi connectivity index (χ1n) is 8.99. The Morgan fingerprint density at radius 2 is 1.90 bits per heavy atom. The van der Waals surface area contributed by atoms with E-state index in [0.717, 1.165) is 0 Å². The number of halogens is 2. The summed E-state index contributed by atoms with van der Waals surface area (Å²) in [6, 6.07) is 9.97. The first-order valence-corrected chi connectivity index (χ1v) is 10.8. The average Bonchev–Trinajstić information content (AvgIpc) is 2.63. The van der Waals surface area contributed by atoms with Crippen LogP contribution in [0.1, 0.15) is 36.7 Å². The van der Waals surface area contributed by atoms with E-state index in [4.69, 9.17) is 16.9 Å². The highest BCUT2D eigenvalue weighted by molar-refractivity contribution is 7.89. The van der Waals surface area contributed by atoms with Crippen molar-refractivity contribution in [2.24, 2.45) is 0 Å². The van der Waals surface area contributed by atoms with Gasteiger partial charge < -0.3 is 10.6 Å². The van der Waals surface area contributed by atoms with Gasteiger partial charge >= 0.3 is 0 Å². The predicted molar refractivity (Wildman–Crippen MR) is 113 cm³/mol. The van der Waals surface area contributed by atoms with Crippen LogP contribution in [0.3, 0.4) is 0 Å². The summed E-state index contributed by atoms with van der Waals surface area (Å²) in [5.41, 5.74) is -0.384. The second-order valence-corrected chi connectivity index (χ2v) is 9.52. The molecule has 0 unspecified atom stereocenters. The van der Waals surface area contributed by atoms with Gasteiger partial charge in [-0.25, -0.2) is 17.5 Å². The van der Waals surface area contributed by atoms with Gasteiger partial charge in [-0.1, -0.05) is 17.7 Å². The highest BCUT2D eigenvalue weighted by atomic mass is 35.5. The maximum Gasteiger partial charge on any atom is 0.251 e. The molecule has 0 aliphatic heterocycles. The molecule has 3 N–H and O–H groups in total. The van der Waals surface area contributed by atoms with Gasteiger partial charge in [0.2, 0.25) is 10.0 Å². The summed E-state index contributed by atoms with van der Waals surface area (Å²) in [4.78, 5) is 12.2. The molecule has 10 heteroatoms. The Labute approximate surface area is 180 Å². The number of hydrogen-bond acceptors (Lipinski definition) is 5. The number of sulfonamides is 1. The first kappa shape index (κ1) is 23.6. The van der Waals surface area contributed by atoms with E-state index in [2.05, 4.69) is 15.4 Å². The summed E-state index contributed by atoms with van der Waals surface area (Å²) in [5, 5.41) is 14.5. The SMILES string of the molecule is CC(C)(C)NS(=O)(=O)c1cc(C(=O)NCCNc2cccc(F)c2C#N)ccc1Cl. The molecular weight excluding hydrogens is 431 g/mol. The van der Waals surface area contributed by atoms with Crippen LogP contribution in [-0.4, -0.2) is 33.0 Å². The number of carbonyl (C=O) groups is 1. The van der Waals surface area contributed by atoms with Crippen molar-refractivity contribution in [2.45, 2.75) is 31.2 Å². The summed E-state index contributed by atoms with van der Waals surface area (Å²) in [5.74, 6) is -1.13. The molecule has 0 aromatic heterocycles. The molecule has 0 fully saturated rings. The molecule has 0 aliphatic rings.